The van der Waals surface area contributed by atoms with E-state index in [-0.39, 0.29) is 12.0 Å². The molecule has 6 nitrogen and oxygen atoms in total. The van der Waals surface area contributed by atoms with E-state index >= 15 is 0 Å². The number of piperidine rings is 1. The van der Waals surface area contributed by atoms with Crippen LogP contribution in [0.15, 0.2) is 42.5 Å². The van der Waals surface area contributed by atoms with Gasteiger partial charge in [0.05, 0.1) is 19.3 Å². The van der Waals surface area contributed by atoms with E-state index in [0.29, 0.717) is 36.8 Å². The van der Waals surface area contributed by atoms with Crippen LogP contribution in [0.25, 0.3) is 0 Å². The summed E-state index contributed by atoms with van der Waals surface area (Å²) in [5, 5.41) is 12.6. The average Bonchev–Trinajstić information content (AvgIpc) is 2.79. The van der Waals surface area contributed by atoms with Gasteiger partial charge in [-0.15, -0.1) is 0 Å². The molecule has 0 unspecified atom stereocenters. The van der Waals surface area contributed by atoms with E-state index in [9.17, 15) is 9.90 Å². The summed E-state index contributed by atoms with van der Waals surface area (Å²) in [5.41, 5.74) is 2.85. The van der Waals surface area contributed by atoms with Crippen molar-refractivity contribution >= 4 is 5.91 Å². The highest BCUT2D eigenvalue weighted by Crippen LogP contribution is 2.28. The summed E-state index contributed by atoms with van der Waals surface area (Å²) in [5.74, 6) is 1.12. The molecule has 6 heteroatoms. The summed E-state index contributed by atoms with van der Waals surface area (Å²) < 4.78 is 11.3. The first-order valence-corrected chi connectivity index (χ1v) is 11.2. The van der Waals surface area contributed by atoms with Crippen LogP contribution in [-0.2, 0) is 13.1 Å². The lowest BCUT2D eigenvalue weighted by Crippen LogP contribution is -2.35. The van der Waals surface area contributed by atoms with E-state index in [0.717, 1.165) is 44.5 Å². The summed E-state index contributed by atoms with van der Waals surface area (Å²) in [6, 6.07) is 13.6. The fourth-order valence-electron chi connectivity index (χ4n) is 3.63. The van der Waals surface area contributed by atoms with E-state index in [2.05, 4.69) is 34.5 Å². The minimum absolute atomic E-state index is 0.140. The molecule has 3 rings (SSSR count). The van der Waals surface area contributed by atoms with Gasteiger partial charge in [-0.1, -0.05) is 31.2 Å². The molecule has 1 saturated heterocycles. The molecule has 1 heterocycles. The van der Waals surface area contributed by atoms with Crippen LogP contribution in [0.4, 0.5) is 0 Å². The molecular weight excluding hydrogens is 392 g/mol. The smallest absolute Gasteiger partial charge is 0.251 e. The molecule has 1 aliphatic heterocycles. The maximum atomic E-state index is 12.6. The number of hydrogen-bond donors (Lipinski definition) is 2. The van der Waals surface area contributed by atoms with Crippen LogP contribution < -0.4 is 14.8 Å². The lowest BCUT2D eigenvalue weighted by atomic mass is 10.1. The first-order chi connectivity index (χ1) is 15.1. The molecule has 0 radical (unpaired) electrons. The summed E-state index contributed by atoms with van der Waals surface area (Å²) in [6.45, 7) is 8.32. The number of carbonyl (C=O) groups excluding carboxylic acids is 1. The second-order valence-electron chi connectivity index (χ2n) is 7.95. The predicted molar refractivity (Wildman–Crippen MR) is 122 cm³/mol. The van der Waals surface area contributed by atoms with Crippen molar-refractivity contribution in [3.8, 4) is 11.5 Å². The van der Waals surface area contributed by atoms with Crippen molar-refractivity contribution in [2.75, 3.05) is 26.3 Å². The number of ether oxygens (including phenoxy) is 2. The monoisotopic (exact) mass is 426 g/mol. The predicted octanol–water partition coefficient (Wildman–Crippen LogP) is 3.76. The van der Waals surface area contributed by atoms with E-state index < -0.39 is 0 Å². The van der Waals surface area contributed by atoms with Gasteiger partial charge in [0.15, 0.2) is 11.5 Å². The Bertz CT molecular complexity index is 830. The Morgan fingerprint density at radius 1 is 1.03 bits per heavy atom. The number of carbonyl (C=O) groups is 1. The van der Waals surface area contributed by atoms with Crippen LogP contribution in [0.1, 0.15) is 54.6 Å². The second kappa shape index (κ2) is 11.7. The quantitative estimate of drug-likeness (QED) is 0.605. The first-order valence-electron chi connectivity index (χ1n) is 11.2. The Hall–Kier alpha value is -2.57. The second-order valence-corrected chi connectivity index (χ2v) is 7.95. The summed E-state index contributed by atoms with van der Waals surface area (Å²) in [4.78, 5) is 15.0. The normalized spacial score (nSPS) is 14.9. The third-order valence-corrected chi connectivity index (χ3v) is 5.41. The van der Waals surface area contributed by atoms with Crippen LogP contribution in [0, 0.1) is 0 Å². The van der Waals surface area contributed by atoms with Gasteiger partial charge in [0.1, 0.15) is 0 Å². The molecule has 0 saturated carbocycles. The lowest BCUT2D eigenvalue weighted by molar-refractivity contribution is 0.0792. The molecule has 1 fully saturated rings. The fourth-order valence-corrected chi connectivity index (χ4v) is 3.63. The summed E-state index contributed by atoms with van der Waals surface area (Å²) in [6.07, 6.45) is 2.46. The van der Waals surface area contributed by atoms with Gasteiger partial charge in [-0.05, 0) is 55.5 Å². The Balaban J connectivity index is 1.53. The number of aliphatic hydroxyl groups is 1. The first kappa shape index (κ1) is 23.1. The zero-order valence-electron chi connectivity index (χ0n) is 18.6. The maximum absolute atomic E-state index is 12.6. The van der Waals surface area contributed by atoms with Crippen molar-refractivity contribution in [2.45, 2.75) is 52.3 Å². The highest BCUT2D eigenvalue weighted by atomic mass is 16.5. The number of likely N-dealkylation sites (tertiary alicyclic amines) is 1. The molecule has 2 N–H and O–H groups in total. The zero-order valence-corrected chi connectivity index (χ0v) is 18.6. The van der Waals surface area contributed by atoms with Crippen molar-refractivity contribution in [3.05, 3.63) is 59.2 Å². The third kappa shape index (κ3) is 6.97. The molecule has 0 spiro atoms. The van der Waals surface area contributed by atoms with Crippen LogP contribution in [0.2, 0.25) is 0 Å². The van der Waals surface area contributed by atoms with Gasteiger partial charge in [-0.3, -0.25) is 9.69 Å². The molecule has 0 aliphatic carbocycles. The molecule has 0 bridgehead atoms. The van der Waals surface area contributed by atoms with Crippen molar-refractivity contribution < 1.29 is 19.4 Å². The van der Waals surface area contributed by atoms with Crippen LogP contribution in [-0.4, -0.2) is 48.3 Å². The van der Waals surface area contributed by atoms with Crippen molar-refractivity contribution in [1.29, 1.82) is 0 Å². The Morgan fingerprint density at radius 3 is 2.42 bits per heavy atom. The van der Waals surface area contributed by atoms with Gasteiger partial charge in [0.2, 0.25) is 0 Å². The lowest BCUT2D eigenvalue weighted by Gasteiger charge is -2.29. The van der Waals surface area contributed by atoms with Gasteiger partial charge >= 0.3 is 0 Å². The number of nitrogens with zero attached hydrogens (tertiary/aromatic N) is 1. The number of nitrogens with one attached hydrogen (secondary N) is 1. The topological polar surface area (TPSA) is 71.0 Å². The maximum Gasteiger partial charge on any atom is 0.251 e. The molecule has 2 aromatic carbocycles. The zero-order chi connectivity index (χ0) is 22.1. The number of aliphatic hydroxyl groups excluding tert-OH is 1. The van der Waals surface area contributed by atoms with Crippen LogP contribution >= 0.6 is 0 Å². The Kier molecular flexibility index (Phi) is 8.74. The van der Waals surface area contributed by atoms with Gasteiger partial charge < -0.3 is 19.9 Å². The van der Waals surface area contributed by atoms with E-state index in [1.54, 1.807) is 18.2 Å². The number of benzene rings is 2. The molecular formula is C25H34N2O4. The fraction of sp³-hybridized carbons (Fsp3) is 0.480. The van der Waals surface area contributed by atoms with Crippen molar-refractivity contribution in [2.24, 2.45) is 0 Å². The average molecular weight is 427 g/mol. The number of rotatable bonds is 10. The van der Waals surface area contributed by atoms with Gasteiger partial charge in [0, 0.05) is 31.7 Å². The highest BCUT2D eigenvalue weighted by Gasteiger charge is 2.17. The van der Waals surface area contributed by atoms with Crippen molar-refractivity contribution in [3.63, 3.8) is 0 Å². The number of amides is 1. The number of hydrogen-bond acceptors (Lipinski definition) is 5. The highest BCUT2D eigenvalue weighted by molar-refractivity contribution is 5.94. The Labute approximate surface area is 185 Å². The molecule has 168 valence electrons. The van der Waals surface area contributed by atoms with Gasteiger partial charge in [0.25, 0.3) is 5.91 Å². The van der Waals surface area contributed by atoms with Crippen LogP contribution in [0.3, 0.4) is 0 Å². The minimum Gasteiger partial charge on any atom is -0.490 e. The molecule has 0 aromatic heterocycles. The van der Waals surface area contributed by atoms with Crippen molar-refractivity contribution in [1.82, 2.24) is 10.2 Å². The molecule has 31 heavy (non-hydrogen) atoms. The Morgan fingerprint density at radius 2 is 1.74 bits per heavy atom. The van der Waals surface area contributed by atoms with Gasteiger partial charge in [-0.2, -0.15) is 0 Å². The summed E-state index contributed by atoms with van der Waals surface area (Å²) >= 11 is 0. The van der Waals surface area contributed by atoms with E-state index in [4.69, 9.17) is 9.47 Å². The van der Waals surface area contributed by atoms with E-state index in [1.807, 2.05) is 13.8 Å². The van der Waals surface area contributed by atoms with Gasteiger partial charge in [-0.25, -0.2) is 0 Å². The third-order valence-electron chi connectivity index (χ3n) is 5.41. The molecule has 1 amide bonds. The molecule has 0 atom stereocenters. The summed E-state index contributed by atoms with van der Waals surface area (Å²) in [7, 11) is 0. The molecule has 2 aromatic rings. The SMILES string of the molecule is CCCOc1ccc(C(=O)NCc2ccc(CN3CCC(O)CC3)cc2)cc1OCC. The standard InChI is InChI=1S/C25H34N2O4/c1-3-15-31-23-10-9-21(16-24(23)30-4-2)25(29)26-17-19-5-7-20(8-6-19)18-27-13-11-22(28)12-14-27/h5-10,16,22,28H,3-4,11-15,17-18H2,1-2H3,(H,26,29). The largest absolute Gasteiger partial charge is 0.490 e. The minimum atomic E-state index is -0.146. The molecule has 1 aliphatic rings. The van der Waals surface area contributed by atoms with Crippen LogP contribution in [0.5, 0.6) is 11.5 Å². The van der Waals surface area contributed by atoms with E-state index in [1.165, 1.54) is 5.56 Å².